The molecule has 0 aromatic heterocycles. The molecule has 0 unspecified atom stereocenters. The first-order valence-corrected chi connectivity index (χ1v) is 7.17. The smallest absolute Gasteiger partial charge is 0.224 e. The Morgan fingerprint density at radius 3 is 2.25 bits per heavy atom. The minimum Gasteiger partial charge on any atom is -0.338 e. The molecule has 2 aromatic rings. The minimum absolute atomic E-state index is 0.612. The maximum atomic E-state index is 5.65. The van der Waals surface area contributed by atoms with E-state index < -0.39 is 5.91 Å². The second-order valence-electron chi connectivity index (χ2n) is 4.85. The Labute approximate surface area is 120 Å². The maximum absolute atomic E-state index is 5.65. The second-order valence-corrected chi connectivity index (χ2v) is 4.85. The highest BCUT2D eigenvalue weighted by molar-refractivity contribution is 5.82. The average Bonchev–Trinajstić information content (AvgIpc) is 2.46. The molecule has 0 aliphatic heterocycles. The number of hydrogen-bond acceptors (Lipinski definition) is 3. The van der Waals surface area contributed by atoms with Crippen molar-refractivity contribution in [3.05, 3.63) is 48.0 Å². The van der Waals surface area contributed by atoms with E-state index in [1.165, 1.54) is 16.3 Å². The van der Waals surface area contributed by atoms with Gasteiger partial charge in [-0.25, -0.2) is 0 Å². The highest BCUT2D eigenvalue weighted by atomic mass is 16.7. The van der Waals surface area contributed by atoms with Gasteiger partial charge in [-0.05, 0) is 36.2 Å². The lowest BCUT2D eigenvalue weighted by molar-refractivity contribution is -0.241. The van der Waals surface area contributed by atoms with Gasteiger partial charge in [0.1, 0.15) is 0 Å². The lowest BCUT2D eigenvalue weighted by Gasteiger charge is -2.30. The fourth-order valence-corrected chi connectivity index (χ4v) is 2.31. The van der Waals surface area contributed by atoms with Crippen molar-refractivity contribution in [3.63, 3.8) is 0 Å². The zero-order valence-corrected chi connectivity index (χ0v) is 12.5. The molecule has 0 heterocycles. The molecule has 1 N–H and O–H groups in total. The summed E-state index contributed by atoms with van der Waals surface area (Å²) in [6.07, 6.45) is 0. The quantitative estimate of drug-likeness (QED) is 0.781. The van der Waals surface area contributed by atoms with E-state index in [0.717, 1.165) is 0 Å². The molecule has 0 amide bonds. The third kappa shape index (κ3) is 3.79. The summed E-state index contributed by atoms with van der Waals surface area (Å²) in [5.74, 6) is -0.727. The molecule has 20 heavy (non-hydrogen) atoms. The summed E-state index contributed by atoms with van der Waals surface area (Å²) in [7, 11) is 0. The molecule has 0 fully saturated rings. The molecule has 0 aliphatic rings. The van der Waals surface area contributed by atoms with Crippen LogP contribution in [-0.4, -0.2) is 19.1 Å². The summed E-state index contributed by atoms with van der Waals surface area (Å²) in [6.45, 7) is 7.79. The third-order valence-electron chi connectivity index (χ3n) is 3.27. The van der Waals surface area contributed by atoms with Gasteiger partial charge in [-0.1, -0.05) is 36.4 Å². The monoisotopic (exact) mass is 273 g/mol. The van der Waals surface area contributed by atoms with Crippen LogP contribution >= 0.6 is 0 Å². The summed E-state index contributed by atoms with van der Waals surface area (Å²) < 4.78 is 11.3. The molecule has 3 heteroatoms. The molecule has 0 bridgehead atoms. The fourth-order valence-electron chi connectivity index (χ4n) is 2.31. The molecule has 2 aromatic carbocycles. The van der Waals surface area contributed by atoms with Crippen molar-refractivity contribution in [2.24, 2.45) is 0 Å². The molecule has 3 nitrogen and oxygen atoms in total. The highest BCUT2D eigenvalue weighted by Crippen LogP contribution is 2.17. The Hall–Kier alpha value is -1.42. The van der Waals surface area contributed by atoms with Crippen molar-refractivity contribution in [1.29, 1.82) is 0 Å². The molecular formula is C17H23NO2. The Kier molecular flexibility index (Phi) is 5.12. The van der Waals surface area contributed by atoms with E-state index in [4.69, 9.17) is 9.47 Å². The van der Waals surface area contributed by atoms with Gasteiger partial charge in [0.2, 0.25) is 5.91 Å². The van der Waals surface area contributed by atoms with Crippen LogP contribution in [0.5, 0.6) is 0 Å². The van der Waals surface area contributed by atoms with E-state index in [9.17, 15) is 0 Å². The van der Waals surface area contributed by atoms with E-state index >= 15 is 0 Å². The van der Waals surface area contributed by atoms with Crippen LogP contribution in [-0.2, 0) is 16.0 Å². The van der Waals surface area contributed by atoms with Gasteiger partial charge in [0.15, 0.2) is 0 Å². The van der Waals surface area contributed by atoms with Gasteiger partial charge in [-0.15, -0.1) is 0 Å². The van der Waals surface area contributed by atoms with E-state index in [-0.39, 0.29) is 0 Å². The summed E-state index contributed by atoms with van der Waals surface area (Å²) in [5, 5.41) is 5.84. The maximum Gasteiger partial charge on any atom is 0.224 e. The molecular weight excluding hydrogens is 250 g/mol. The Morgan fingerprint density at radius 2 is 1.60 bits per heavy atom. The van der Waals surface area contributed by atoms with Crippen molar-refractivity contribution < 1.29 is 9.47 Å². The highest BCUT2D eigenvalue weighted by Gasteiger charge is 2.23. The molecule has 0 saturated heterocycles. The Bertz CT molecular complexity index is 547. The predicted octanol–water partition coefficient (Wildman–Crippen LogP) is 3.68. The third-order valence-corrected chi connectivity index (χ3v) is 3.27. The lowest BCUT2D eigenvalue weighted by Crippen LogP contribution is -2.47. The zero-order valence-electron chi connectivity index (χ0n) is 12.5. The van der Waals surface area contributed by atoms with Crippen molar-refractivity contribution in [2.45, 2.75) is 33.2 Å². The summed E-state index contributed by atoms with van der Waals surface area (Å²) in [4.78, 5) is 0. The Balaban J connectivity index is 2.07. The van der Waals surface area contributed by atoms with Crippen LogP contribution in [0.4, 0.5) is 0 Å². The van der Waals surface area contributed by atoms with Crippen molar-refractivity contribution >= 4 is 10.8 Å². The number of ether oxygens (including phenoxy) is 2. The average molecular weight is 273 g/mol. The van der Waals surface area contributed by atoms with E-state index in [1.54, 1.807) is 0 Å². The molecule has 0 spiro atoms. The van der Waals surface area contributed by atoms with E-state index in [2.05, 4.69) is 47.8 Å². The molecule has 0 atom stereocenters. The van der Waals surface area contributed by atoms with Crippen LogP contribution < -0.4 is 5.32 Å². The first kappa shape index (κ1) is 15.0. The molecule has 0 saturated carbocycles. The minimum atomic E-state index is -0.727. The van der Waals surface area contributed by atoms with E-state index in [1.807, 2.05) is 20.8 Å². The van der Waals surface area contributed by atoms with Gasteiger partial charge in [-0.3, -0.25) is 5.32 Å². The van der Waals surface area contributed by atoms with Crippen molar-refractivity contribution in [2.75, 3.05) is 13.2 Å². The van der Waals surface area contributed by atoms with Crippen LogP contribution in [0.2, 0.25) is 0 Å². The number of fused-ring (bicyclic) bond motifs is 1. The largest absolute Gasteiger partial charge is 0.338 e. The van der Waals surface area contributed by atoms with Crippen molar-refractivity contribution in [1.82, 2.24) is 5.32 Å². The Morgan fingerprint density at radius 1 is 0.950 bits per heavy atom. The summed E-state index contributed by atoms with van der Waals surface area (Å²) in [5.41, 5.74) is 1.22. The van der Waals surface area contributed by atoms with E-state index in [0.29, 0.717) is 19.8 Å². The topological polar surface area (TPSA) is 30.5 Å². The van der Waals surface area contributed by atoms with Crippen LogP contribution in [0.1, 0.15) is 26.3 Å². The molecule has 0 radical (unpaired) electrons. The number of rotatable bonds is 7. The van der Waals surface area contributed by atoms with Gasteiger partial charge < -0.3 is 9.47 Å². The fraction of sp³-hybridized carbons (Fsp3) is 0.412. The predicted molar refractivity (Wildman–Crippen MR) is 82.4 cm³/mol. The molecule has 0 aliphatic carbocycles. The van der Waals surface area contributed by atoms with Crippen molar-refractivity contribution in [3.8, 4) is 0 Å². The van der Waals surface area contributed by atoms with Crippen LogP contribution in [0.3, 0.4) is 0 Å². The van der Waals surface area contributed by atoms with Gasteiger partial charge in [-0.2, -0.15) is 0 Å². The number of nitrogens with one attached hydrogen (secondary N) is 1. The van der Waals surface area contributed by atoms with Gasteiger partial charge in [0.25, 0.3) is 0 Å². The second kappa shape index (κ2) is 6.84. The summed E-state index contributed by atoms with van der Waals surface area (Å²) in [6, 6.07) is 14.8. The SMILES string of the molecule is CCOC(C)(NCc1ccc2ccccc2c1)OCC. The van der Waals surface area contributed by atoms with Gasteiger partial charge in [0.05, 0.1) is 0 Å². The first-order valence-electron chi connectivity index (χ1n) is 7.17. The van der Waals surface area contributed by atoms with Crippen LogP contribution in [0.15, 0.2) is 42.5 Å². The number of hydrogen-bond donors (Lipinski definition) is 1. The first-order chi connectivity index (χ1) is 9.67. The van der Waals surface area contributed by atoms with Gasteiger partial charge >= 0.3 is 0 Å². The number of benzene rings is 2. The van der Waals surface area contributed by atoms with Crippen LogP contribution in [0.25, 0.3) is 10.8 Å². The molecule has 2 rings (SSSR count). The lowest BCUT2D eigenvalue weighted by atomic mass is 10.1. The van der Waals surface area contributed by atoms with Crippen LogP contribution in [0, 0.1) is 0 Å². The van der Waals surface area contributed by atoms with Gasteiger partial charge in [0, 0.05) is 26.7 Å². The summed E-state index contributed by atoms with van der Waals surface area (Å²) >= 11 is 0. The zero-order chi connectivity index (χ0) is 14.4. The normalized spacial score (nSPS) is 11.9. The molecule has 108 valence electrons. The standard InChI is InChI=1S/C17H23NO2/c1-4-19-17(3,20-5-2)18-13-14-10-11-15-8-6-7-9-16(15)12-14/h6-12,18H,4-5,13H2,1-3H3.